The van der Waals surface area contributed by atoms with Gasteiger partial charge in [-0.05, 0) is 45.4 Å². The highest BCUT2D eigenvalue weighted by atomic mass is 16.6. The number of H-pyrrole nitrogens is 2. The number of aromatic nitrogens is 2. The molecule has 0 bridgehead atoms. The monoisotopic (exact) mass is 346 g/mol. The Labute approximate surface area is 144 Å². The van der Waals surface area contributed by atoms with E-state index in [4.69, 9.17) is 10.5 Å². The number of esters is 1. The lowest BCUT2D eigenvalue weighted by Gasteiger charge is -2.28. The number of hydrogen-bond acceptors (Lipinski definition) is 6. The smallest absolute Gasteiger partial charge is 0.326 e. The van der Waals surface area contributed by atoms with Crippen molar-refractivity contribution < 1.29 is 9.53 Å². The molecule has 8 nitrogen and oxygen atoms in total. The molecule has 2 heterocycles. The maximum atomic E-state index is 12.3. The van der Waals surface area contributed by atoms with Crippen molar-refractivity contribution in [2.45, 2.75) is 39.0 Å². The second-order valence-corrected chi connectivity index (χ2v) is 7.25. The van der Waals surface area contributed by atoms with Crippen molar-refractivity contribution in [3.05, 3.63) is 39.0 Å². The topological polar surface area (TPSA) is 121 Å². The van der Waals surface area contributed by atoms with E-state index >= 15 is 0 Å². The van der Waals surface area contributed by atoms with Crippen molar-refractivity contribution in [3.63, 3.8) is 0 Å². The molecule has 1 aliphatic heterocycles. The molecule has 2 atom stereocenters. The van der Waals surface area contributed by atoms with Crippen LogP contribution in [0.25, 0.3) is 10.9 Å². The van der Waals surface area contributed by atoms with E-state index in [1.54, 1.807) is 18.2 Å². The van der Waals surface area contributed by atoms with Crippen LogP contribution in [0.2, 0.25) is 0 Å². The first-order valence-electron chi connectivity index (χ1n) is 8.17. The predicted molar refractivity (Wildman–Crippen MR) is 94.5 cm³/mol. The van der Waals surface area contributed by atoms with Gasteiger partial charge >= 0.3 is 11.7 Å². The molecule has 1 aromatic heterocycles. The Kier molecular flexibility index (Phi) is 4.16. The third kappa shape index (κ3) is 3.43. The number of ether oxygens (including phenoxy) is 1. The fraction of sp³-hybridized carbons (Fsp3) is 0.471. The Bertz CT molecular complexity index is 925. The molecule has 1 aromatic carbocycles. The SMILES string of the molecule is CC(C)(C)OC(=O)C1CCN(c2ccc3c(=O)[nH]c(=O)[nH]c3c2)C1N. The summed E-state index contributed by atoms with van der Waals surface area (Å²) in [6.07, 6.45) is 0.0565. The first-order chi connectivity index (χ1) is 11.7. The lowest BCUT2D eigenvalue weighted by Crippen LogP contribution is -2.44. The zero-order valence-corrected chi connectivity index (χ0v) is 14.5. The van der Waals surface area contributed by atoms with Crippen LogP contribution in [0, 0.1) is 5.92 Å². The Balaban J connectivity index is 1.88. The number of carbonyl (C=O) groups is 1. The molecule has 0 aliphatic carbocycles. The van der Waals surface area contributed by atoms with Gasteiger partial charge in [0.1, 0.15) is 5.60 Å². The molecule has 134 valence electrons. The number of nitrogens with zero attached hydrogens (tertiary/aromatic N) is 1. The maximum absolute atomic E-state index is 12.3. The highest BCUT2D eigenvalue weighted by molar-refractivity contribution is 5.82. The molecule has 4 N–H and O–H groups in total. The third-order valence-corrected chi connectivity index (χ3v) is 4.22. The third-order valence-electron chi connectivity index (χ3n) is 4.22. The molecule has 0 amide bonds. The van der Waals surface area contributed by atoms with E-state index in [1.165, 1.54) is 0 Å². The van der Waals surface area contributed by atoms with Crippen LogP contribution in [-0.2, 0) is 9.53 Å². The molecule has 1 aliphatic rings. The van der Waals surface area contributed by atoms with Gasteiger partial charge in [-0.2, -0.15) is 0 Å². The minimum Gasteiger partial charge on any atom is -0.460 e. The number of nitrogens with one attached hydrogen (secondary N) is 2. The van der Waals surface area contributed by atoms with Crippen LogP contribution in [0.4, 0.5) is 5.69 Å². The quantitative estimate of drug-likeness (QED) is 0.687. The average Bonchev–Trinajstić information content (AvgIpc) is 2.86. The summed E-state index contributed by atoms with van der Waals surface area (Å²) < 4.78 is 5.44. The number of nitrogens with two attached hydrogens (primary N) is 1. The summed E-state index contributed by atoms with van der Waals surface area (Å²) in [7, 11) is 0. The normalized spacial score (nSPS) is 20.9. The fourth-order valence-electron chi connectivity index (χ4n) is 3.09. The lowest BCUT2D eigenvalue weighted by molar-refractivity contribution is -0.160. The van der Waals surface area contributed by atoms with Gasteiger partial charge in [-0.25, -0.2) is 4.79 Å². The van der Waals surface area contributed by atoms with Gasteiger partial charge in [0.2, 0.25) is 0 Å². The standard InChI is InChI=1S/C17H22N4O4/c1-17(2,3)25-15(23)11-6-7-21(13(11)18)9-4-5-10-12(8-9)19-16(24)20-14(10)22/h4-5,8,11,13H,6-7,18H2,1-3H3,(H2,19,20,22,24). The number of rotatable bonds is 2. The largest absolute Gasteiger partial charge is 0.460 e. The van der Waals surface area contributed by atoms with Crippen LogP contribution in [-0.4, -0.2) is 34.2 Å². The van der Waals surface area contributed by atoms with E-state index in [-0.39, 0.29) is 5.97 Å². The number of hydrogen-bond donors (Lipinski definition) is 3. The van der Waals surface area contributed by atoms with Crippen molar-refractivity contribution in [1.82, 2.24) is 9.97 Å². The molecule has 0 radical (unpaired) electrons. The molecule has 2 unspecified atom stereocenters. The van der Waals surface area contributed by atoms with E-state index < -0.39 is 28.9 Å². The summed E-state index contributed by atoms with van der Waals surface area (Å²) in [6, 6.07) is 5.09. The van der Waals surface area contributed by atoms with Crippen LogP contribution >= 0.6 is 0 Å². The molecule has 1 saturated heterocycles. The number of carbonyl (C=O) groups excluding carboxylic acids is 1. The van der Waals surface area contributed by atoms with Gasteiger partial charge in [0.15, 0.2) is 0 Å². The molecule has 3 rings (SSSR count). The molecule has 25 heavy (non-hydrogen) atoms. The molecule has 0 spiro atoms. The first-order valence-corrected chi connectivity index (χ1v) is 8.17. The van der Waals surface area contributed by atoms with Crippen molar-refractivity contribution in [2.24, 2.45) is 11.7 Å². The zero-order chi connectivity index (χ0) is 18.4. The van der Waals surface area contributed by atoms with E-state index in [2.05, 4.69) is 9.97 Å². The van der Waals surface area contributed by atoms with Gasteiger partial charge < -0.3 is 20.4 Å². The van der Waals surface area contributed by atoms with Crippen molar-refractivity contribution >= 4 is 22.6 Å². The van der Waals surface area contributed by atoms with Gasteiger partial charge in [0.05, 0.1) is 23.0 Å². The number of benzene rings is 1. The van der Waals surface area contributed by atoms with E-state index in [1.807, 2.05) is 25.7 Å². The van der Waals surface area contributed by atoms with Crippen LogP contribution in [0.5, 0.6) is 0 Å². The fourth-order valence-corrected chi connectivity index (χ4v) is 3.09. The summed E-state index contributed by atoms with van der Waals surface area (Å²) in [5.74, 6) is -0.735. The molecular formula is C17H22N4O4. The first kappa shape index (κ1) is 17.2. The Morgan fingerprint density at radius 2 is 2.00 bits per heavy atom. The molecule has 1 fully saturated rings. The average molecular weight is 346 g/mol. The van der Waals surface area contributed by atoms with Crippen LogP contribution in [0.3, 0.4) is 0 Å². The van der Waals surface area contributed by atoms with E-state index in [9.17, 15) is 14.4 Å². The van der Waals surface area contributed by atoms with Gasteiger partial charge in [0.25, 0.3) is 5.56 Å². The number of anilines is 1. The highest BCUT2D eigenvalue weighted by Gasteiger charge is 2.39. The van der Waals surface area contributed by atoms with Crippen molar-refractivity contribution in [2.75, 3.05) is 11.4 Å². The van der Waals surface area contributed by atoms with Crippen LogP contribution in [0.1, 0.15) is 27.2 Å². The second kappa shape index (κ2) is 6.03. The minimum absolute atomic E-state index is 0.312. The Hall–Kier alpha value is -2.61. The second-order valence-electron chi connectivity index (χ2n) is 7.25. The van der Waals surface area contributed by atoms with Crippen molar-refractivity contribution in [3.8, 4) is 0 Å². The zero-order valence-electron chi connectivity index (χ0n) is 14.5. The minimum atomic E-state index is -0.563. The molecule has 0 saturated carbocycles. The molecular weight excluding hydrogens is 324 g/mol. The highest BCUT2D eigenvalue weighted by Crippen LogP contribution is 2.30. The summed E-state index contributed by atoms with van der Waals surface area (Å²) in [6.45, 7) is 6.05. The predicted octanol–water partition coefficient (Wildman–Crippen LogP) is 0.669. The van der Waals surface area contributed by atoms with E-state index in [0.717, 1.165) is 5.69 Å². The summed E-state index contributed by atoms with van der Waals surface area (Å²) in [5, 5.41) is 0.389. The lowest BCUT2D eigenvalue weighted by atomic mass is 10.1. The van der Waals surface area contributed by atoms with Gasteiger partial charge in [-0.3, -0.25) is 14.6 Å². The van der Waals surface area contributed by atoms with Gasteiger partial charge in [-0.1, -0.05) is 0 Å². The van der Waals surface area contributed by atoms with Gasteiger partial charge in [-0.15, -0.1) is 0 Å². The molecule has 8 heteroatoms. The maximum Gasteiger partial charge on any atom is 0.326 e. The summed E-state index contributed by atoms with van der Waals surface area (Å²) in [4.78, 5) is 42.3. The Morgan fingerprint density at radius 3 is 2.68 bits per heavy atom. The van der Waals surface area contributed by atoms with Gasteiger partial charge in [0, 0.05) is 12.2 Å². The number of aromatic amines is 2. The summed E-state index contributed by atoms with van der Waals surface area (Å²) >= 11 is 0. The van der Waals surface area contributed by atoms with Crippen LogP contribution in [0.15, 0.2) is 27.8 Å². The summed E-state index contributed by atoms with van der Waals surface area (Å²) in [5.41, 5.74) is 5.87. The van der Waals surface area contributed by atoms with Crippen LogP contribution < -0.4 is 21.9 Å². The van der Waals surface area contributed by atoms with E-state index in [0.29, 0.717) is 23.9 Å². The van der Waals surface area contributed by atoms with Crippen molar-refractivity contribution in [1.29, 1.82) is 0 Å². The Morgan fingerprint density at radius 1 is 1.28 bits per heavy atom. The number of fused-ring (bicyclic) bond motifs is 1. The molecule has 2 aromatic rings.